The number of aryl methyl sites for hydroxylation is 1. The highest BCUT2D eigenvalue weighted by Crippen LogP contribution is 2.24. The van der Waals surface area contributed by atoms with Crippen molar-refractivity contribution in [1.82, 2.24) is 10.2 Å². The predicted molar refractivity (Wildman–Crippen MR) is 147 cm³/mol. The number of rotatable bonds is 6. The molecule has 0 aliphatic carbocycles. The quantitative estimate of drug-likeness (QED) is 0.327. The van der Waals surface area contributed by atoms with Gasteiger partial charge in [0.25, 0.3) is 5.91 Å². The Hall–Kier alpha value is -4.32. The molecule has 0 radical (unpaired) electrons. The molecule has 1 aliphatic heterocycles. The van der Waals surface area contributed by atoms with Gasteiger partial charge in [0.05, 0.1) is 11.3 Å². The van der Waals surface area contributed by atoms with Crippen LogP contribution in [0.3, 0.4) is 0 Å². The number of amides is 1. The highest BCUT2D eigenvalue weighted by molar-refractivity contribution is 6.17. The van der Waals surface area contributed by atoms with Gasteiger partial charge in [0, 0.05) is 35.5 Å². The van der Waals surface area contributed by atoms with Crippen LogP contribution in [0.2, 0.25) is 0 Å². The zero-order chi connectivity index (χ0) is 25.8. The maximum absolute atomic E-state index is 13.1. The summed E-state index contributed by atoms with van der Waals surface area (Å²) in [5.74, 6) is 1.18. The van der Waals surface area contributed by atoms with Gasteiger partial charge >= 0.3 is 0 Å². The number of nitrogens with zero attached hydrogens (tertiary/aromatic N) is 3. The molecule has 0 saturated carbocycles. The van der Waals surface area contributed by atoms with Crippen molar-refractivity contribution in [2.75, 3.05) is 23.3 Å². The lowest BCUT2D eigenvalue weighted by atomic mass is 9.97. The van der Waals surface area contributed by atoms with E-state index in [0.29, 0.717) is 22.4 Å². The van der Waals surface area contributed by atoms with Crippen molar-refractivity contribution in [3.05, 3.63) is 107 Å². The van der Waals surface area contributed by atoms with E-state index in [0.717, 1.165) is 41.6 Å². The Bertz CT molecular complexity index is 1390. The summed E-state index contributed by atoms with van der Waals surface area (Å²) in [4.78, 5) is 28.5. The van der Waals surface area contributed by atoms with Crippen LogP contribution >= 0.6 is 0 Å². The number of carbonyl (C=O) groups excluding carboxylic acids is 2. The van der Waals surface area contributed by atoms with Crippen molar-refractivity contribution in [2.24, 2.45) is 5.92 Å². The van der Waals surface area contributed by atoms with E-state index in [2.05, 4.69) is 27.3 Å². The molecule has 1 amide bonds. The largest absolute Gasteiger partial charge is 0.355 e. The van der Waals surface area contributed by atoms with E-state index in [1.54, 1.807) is 36.4 Å². The van der Waals surface area contributed by atoms with Gasteiger partial charge in [-0.3, -0.25) is 9.59 Å². The molecule has 0 spiro atoms. The maximum Gasteiger partial charge on any atom is 0.256 e. The van der Waals surface area contributed by atoms with Crippen LogP contribution < -0.4 is 10.2 Å². The standard InChI is InChI=1S/C31H30N4O2/c1-21-7-9-24(10-8-21)30(36)26-5-3-4-6-27(26)31(37)32-25-13-11-23(12-14-25)28-15-16-29(34-33-28)35-19-17-22(2)18-20-35/h3-16,22H,17-20H2,1-2H3,(H,32,37). The molecular weight excluding hydrogens is 460 g/mol. The second-order valence-electron chi connectivity index (χ2n) is 9.72. The number of piperidine rings is 1. The van der Waals surface area contributed by atoms with Crippen LogP contribution in [0.4, 0.5) is 11.5 Å². The molecule has 5 rings (SSSR count). The van der Waals surface area contributed by atoms with Crippen LogP contribution in [-0.2, 0) is 0 Å². The Morgan fingerprint density at radius 2 is 1.49 bits per heavy atom. The molecule has 2 heterocycles. The summed E-state index contributed by atoms with van der Waals surface area (Å²) in [7, 11) is 0. The summed E-state index contributed by atoms with van der Waals surface area (Å²) in [6.45, 7) is 6.30. The Morgan fingerprint density at radius 1 is 0.811 bits per heavy atom. The van der Waals surface area contributed by atoms with Crippen LogP contribution in [0.1, 0.15) is 51.6 Å². The molecule has 1 N–H and O–H groups in total. The van der Waals surface area contributed by atoms with E-state index in [4.69, 9.17) is 0 Å². The summed E-state index contributed by atoms with van der Waals surface area (Å²) < 4.78 is 0. The zero-order valence-electron chi connectivity index (χ0n) is 21.1. The van der Waals surface area contributed by atoms with Crippen LogP contribution in [0, 0.1) is 12.8 Å². The van der Waals surface area contributed by atoms with Gasteiger partial charge in [0.15, 0.2) is 11.6 Å². The Morgan fingerprint density at radius 3 is 2.14 bits per heavy atom. The average molecular weight is 491 g/mol. The van der Waals surface area contributed by atoms with Crippen molar-refractivity contribution in [3.63, 3.8) is 0 Å². The van der Waals surface area contributed by atoms with Gasteiger partial charge < -0.3 is 10.2 Å². The molecule has 1 fully saturated rings. The van der Waals surface area contributed by atoms with Crippen molar-refractivity contribution < 1.29 is 9.59 Å². The van der Waals surface area contributed by atoms with Gasteiger partial charge in [-0.05, 0) is 56.0 Å². The fraction of sp³-hybridized carbons (Fsp3) is 0.226. The SMILES string of the molecule is Cc1ccc(C(=O)c2ccccc2C(=O)Nc2ccc(-c3ccc(N4CCC(C)CC4)nn3)cc2)cc1. The summed E-state index contributed by atoms with van der Waals surface area (Å²) >= 11 is 0. The minimum Gasteiger partial charge on any atom is -0.355 e. The number of benzene rings is 3. The maximum atomic E-state index is 13.1. The first kappa shape index (κ1) is 24.4. The third-order valence-corrected chi connectivity index (χ3v) is 6.93. The van der Waals surface area contributed by atoms with Crippen molar-refractivity contribution in [2.45, 2.75) is 26.7 Å². The molecule has 3 aromatic carbocycles. The average Bonchev–Trinajstić information content (AvgIpc) is 2.94. The number of hydrogen-bond donors (Lipinski definition) is 1. The van der Waals surface area contributed by atoms with E-state index < -0.39 is 0 Å². The fourth-order valence-electron chi connectivity index (χ4n) is 4.55. The molecule has 37 heavy (non-hydrogen) atoms. The van der Waals surface area contributed by atoms with Gasteiger partial charge in [-0.2, -0.15) is 0 Å². The van der Waals surface area contributed by atoms with Crippen molar-refractivity contribution in [3.8, 4) is 11.3 Å². The number of aromatic nitrogens is 2. The van der Waals surface area contributed by atoms with Crippen LogP contribution in [-0.4, -0.2) is 35.0 Å². The summed E-state index contributed by atoms with van der Waals surface area (Å²) in [5, 5.41) is 11.8. The lowest BCUT2D eigenvalue weighted by Crippen LogP contribution is -2.33. The van der Waals surface area contributed by atoms with Gasteiger partial charge in [-0.15, -0.1) is 10.2 Å². The Balaban J connectivity index is 1.27. The molecule has 0 atom stereocenters. The Kier molecular flexibility index (Phi) is 7.08. The Labute approximate surface area is 217 Å². The minimum atomic E-state index is -0.330. The minimum absolute atomic E-state index is 0.179. The van der Waals surface area contributed by atoms with E-state index in [-0.39, 0.29) is 11.7 Å². The van der Waals surface area contributed by atoms with Crippen LogP contribution in [0.25, 0.3) is 11.3 Å². The molecule has 1 aromatic heterocycles. The first-order chi connectivity index (χ1) is 18.0. The molecule has 1 saturated heterocycles. The number of carbonyl (C=O) groups is 2. The lowest BCUT2D eigenvalue weighted by Gasteiger charge is -2.30. The molecular formula is C31H30N4O2. The monoisotopic (exact) mass is 490 g/mol. The summed E-state index contributed by atoms with van der Waals surface area (Å²) in [6.07, 6.45) is 2.36. The van der Waals surface area contributed by atoms with E-state index in [1.807, 2.05) is 55.5 Å². The second kappa shape index (κ2) is 10.7. The number of ketones is 1. The highest BCUT2D eigenvalue weighted by Gasteiger charge is 2.19. The molecule has 6 nitrogen and oxygen atoms in total. The lowest BCUT2D eigenvalue weighted by molar-refractivity contribution is 0.0996. The third kappa shape index (κ3) is 5.59. The van der Waals surface area contributed by atoms with Crippen LogP contribution in [0.5, 0.6) is 0 Å². The van der Waals surface area contributed by atoms with E-state index >= 15 is 0 Å². The first-order valence-corrected chi connectivity index (χ1v) is 12.7. The molecule has 0 unspecified atom stereocenters. The predicted octanol–water partition coefficient (Wildman–Crippen LogP) is 6.17. The van der Waals surface area contributed by atoms with Crippen molar-refractivity contribution in [1.29, 1.82) is 0 Å². The molecule has 4 aromatic rings. The second-order valence-corrected chi connectivity index (χ2v) is 9.72. The number of hydrogen-bond acceptors (Lipinski definition) is 5. The summed E-state index contributed by atoms with van der Waals surface area (Å²) in [6, 6.07) is 25.7. The molecule has 1 aliphatic rings. The van der Waals surface area contributed by atoms with Crippen molar-refractivity contribution >= 4 is 23.2 Å². The highest BCUT2D eigenvalue weighted by atomic mass is 16.2. The van der Waals surface area contributed by atoms with Gasteiger partial charge in [0.1, 0.15) is 0 Å². The molecule has 6 heteroatoms. The number of nitrogens with one attached hydrogen (secondary N) is 1. The topological polar surface area (TPSA) is 75.2 Å². The van der Waals surface area contributed by atoms with E-state index in [1.165, 1.54) is 12.8 Å². The van der Waals surface area contributed by atoms with Gasteiger partial charge in [-0.25, -0.2) is 0 Å². The molecule has 0 bridgehead atoms. The third-order valence-electron chi connectivity index (χ3n) is 6.93. The summed E-state index contributed by atoms with van der Waals surface area (Å²) in [5.41, 5.74) is 4.67. The van der Waals surface area contributed by atoms with Gasteiger partial charge in [0.2, 0.25) is 0 Å². The number of anilines is 2. The van der Waals surface area contributed by atoms with Crippen LogP contribution in [0.15, 0.2) is 84.9 Å². The fourth-order valence-corrected chi connectivity index (χ4v) is 4.55. The normalized spacial score (nSPS) is 13.8. The zero-order valence-corrected chi connectivity index (χ0v) is 21.1. The van der Waals surface area contributed by atoms with Gasteiger partial charge in [-0.1, -0.05) is 67.1 Å². The van der Waals surface area contributed by atoms with E-state index in [9.17, 15) is 9.59 Å². The molecule has 186 valence electrons. The smallest absolute Gasteiger partial charge is 0.256 e. The first-order valence-electron chi connectivity index (χ1n) is 12.7.